The molecule has 1 rings (SSSR count). The molecule has 7 nitrogen and oxygen atoms in total. The zero-order valence-corrected chi connectivity index (χ0v) is 6.63. The molecule has 14 heavy (non-hydrogen) atoms. The van der Waals surface area contributed by atoms with Gasteiger partial charge in [-0.25, -0.2) is 0 Å². The first kappa shape index (κ1) is 10.1. The molecule has 0 saturated heterocycles. The summed E-state index contributed by atoms with van der Waals surface area (Å²) in [5.41, 5.74) is -3.12. The second-order valence-electron chi connectivity index (χ2n) is 2.58. The normalized spacial score (nSPS) is 21.9. The number of Topliss-reactive ketones (excluding diaryl/α,β-unsaturated/α-hetero) is 2. The maximum atomic E-state index is 11.0. The van der Waals surface area contributed by atoms with Crippen molar-refractivity contribution in [1.29, 1.82) is 0 Å². The standard InChI is InChI=1S/C7H6O7/c8-1-2(9)7(14)5(12)3(10)4(11)6(7)13/h1,8-11,14H/b2-1-. The Morgan fingerprint density at radius 2 is 1.50 bits per heavy atom. The van der Waals surface area contributed by atoms with Crippen molar-refractivity contribution in [3.8, 4) is 0 Å². The molecule has 0 aromatic carbocycles. The molecule has 0 bridgehead atoms. The lowest BCUT2D eigenvalue weighted by molar-refractivity contribution is -0.144. The fraction of sp³-hybridized carbons (Fsp3) is 0.143. The molecule has 0 radical (unpaired) electrons. The zero-order valence-electron chi connectivity index (χ0n) is 6.63. The number of aliphatic hydroxyl groups excluding tert-OH is 4. The van der Waals surface area contributed by atoms with Gasteiger partial charge in [-0.2, -0.15) is 0 Å². The average molecular weight is 202 g/mol. The summed E-state index contributed by atoms with van der Waals surface area (Å²) in [5.74, 6) is -7.27. The molecule has 0 saturated carbocycles. The molecule has 5 N–H and O–H groups in total. The first-order valence-corrected chi connectivity index (χ1v) is 3.35. The molecule has 0 aromatic rings. The van der Waals surface area contributed by atoms with E-state index in [4.69, 9.17) is 20.4 Å². The van der Waals surface area contributed by atoms with E-state index in [1.165, 1.54) is 0 Å². The Morgan fingerprint density at radius 3 is 1.79 bits per heavy atom. The van der Waals surface area contributed by atoms with Crippen molar-refractivity contribution in [2.75, 3.05) is 0 Å². The lowest BCUT2D eigenvalue weighted by Gasteiger charge is -2.16. The molecule has 76 valence electrons. The van der Waals surface area contributed by atoms with Crippen LogP contribution in [0.25, 0.3) is 0 Å². The maximum absolute atomic E-state index is 11.0. The molecule has 0 aromatic heterocycles. The van der Waals surface area contributed by atoms with E-state index in [1.54, 1.807) is 0 Å². The van der Waals surface area contributed by atoms with Crippen LogP contribution >= 0.6 is 0 Å². The van der Waals surface area contributed by atoms with Gasteiger partial charge in [-0.3, -0.25) is 9.59 Å². The van der Waals surface area contributed by atoms with Gasteiger partial charge in [0.2, 0.25) is 23.1 Å². The summed E-state index contributed by atoms with van der Waals surface area (Å²) in [6.45, 7) is 0. The van der Waals surface area contributed by atoms with Crippen LogP contribution in [0.3, 0.4) is 0 Å². The quantitative estimate of drug-likeness (QED) is 0.276. The monoisotopic (exact) mass is 202 g/mol. The Kier molecular flexibility index (Phi) is 1.97. The minimum atomic E-state index is -3.12. The molecular weight excluding hydrogens is 196 g/mol. The summed E-state index contributed by atoms with van der Waals surface area (Å²) in [7, 11) is 0. The van der Waals surface area contributed by atoms with Crippen molar-refractivity contribution in [1.82, 2.24) is 0 Å². The van der Waals surface area contributed by atoms with Gasteiger partial charge in [-0.15, -0.1) is 0 Å². The first-order chi connectivity index (χ1) is 6.37. The van der Waals surface area contributed by atoms with Gasteiger partial charge in [0.25, 0.3) is 5.60 Å². The van der Waals surface area contributed by atoms with Gasteiger partial charge in [-0.05, 0) is 0 Å². The molecule has 0 spiro atoms. The molecule has 1 aliphatic rings. The molecule has 0 heterocycles. The molecule has 0 aliphatic heterocycles. The predicted octanol–water partition coefficient (Wildman–Crippen LogP) is -0.846. The van der Waals surface area contributed by atoms with Crippen molar-refractivity contribution in [2.45, 2.75) is 5.60 Å². The van der Waals surface area contributed by atoms with E-state index in [1.807, 2.05) is 0 Å². The molecule has 0 unspecified atom stereocenters. The number of ketones is 2. The Hall–Kier alpha value is -2.02. The maximum Gasteiger partial charge on any atom is 0.258 e. The van der Waals surface area contributed by atoms with Crippen molar-refractivity contribution >= 4 is 11.6 Å². The number of rotatable bonds is 1. The van der Waals surface area contributed by atoms with Crippen LogP contribution in [0.1, 0.15) is 0 Å². The van der Waals surface area contributed by atoms with Crippen LogP contribution in [-0.4, -0.2) is 42.7 Å². The van der Waals surface area contributed by atoms with E-state index in [0.29, 0.717) is 0 Å². The van der Waals surface area contributed by atoms with Gasteiger partial charge in [0.1, 0.15) is 6.26 Å². The minimum Gasteiger partial charge on any atom is -0.512 e. The third-order valence-electron chi connectivity index (χ3n) is 1.80. The summed E-state index contributed by atoms with van der Waals surface area (Å²) < 4.78 is 0. The van der Waals surface area contributed by atoms with Crippen LogP contribution in [-0.2, 0) is 9.59 Å². The van der Waals surface area contributed by atoms with E-state index < -0.39 is 34.4 Å². The Balaban J connectivity index is 3.34. The molecule has 7 heteroatoms. The number of hydrogen-bond donors (Lipinski definition) is 5. The largest absolute Gasteiger partial charge is 0.512 e. The number of carbonyl (C=O) groups excluding carboxylic acids is 2. The van der Waals surface area contributed by atoms with Crippen LogP contribution in [0.15, 0.2) is 23.5 Å². The Labute approximate surface area is 76.8 Å². The highest BCUT2D eigenvalue weighted by Gasteiger charge is 2.58. The van der Waals surface area contributed by atoms with E-state index in [0.717, 1.165) is 0 Å². The van der Waals surface area contributed by atoms with Gasteiger partial charge in [0.15, 0.2) is 5.76 Å². The van der Waals surface area contributed by atoms with Gasteiger partial charge >= 0.3 is 0 Å². The molecule has 0 amide bonds. The van der Waals surface area contributed by atoms with Crippen LogP contribution in [0.4, 0.5) is 0 Å². The average Bonchev–Trinajstić information content (AvgIpc) is 2.34. The Morgan fingerprint density at radius 1 is 1.14 bits per heavy atom. The predicted molar refractivity (Wildman–Crippen MR) is 40.6 cm³/mol. The van der Waals surface area contributed by atoms with Crippen LogP contribution in [0.5, 0.6) is 0 Å². The van der Waals surface area contributed by atoms with Crippen molar-refractivity contribution in [2.24, 2.45) is 0 Å². The summed E-state index contributed by atoms with van der Waals surface area (Å²) >= 11 is 0. The smallest absolute Gasteiger partial charge is 0.258 e. The molecule has 0 fully saturated rings. The minimum absolute atomic E-state index is 0.0817. The summed E-state index contributed by atoms with van der Waals surface area (Å²) in [4.78, 5) is 22.0. The van der Waals surface area contributed by atoms with Crippen molar-refractivity contribution < 1.29 is 35.1 Å². The third kappa shape index (κ3) is 0.895. The van der Waals surface area contributed by atoms with E-state index >= 15 is 0 Å². The van der Waals surface area contributed by atoms with Gasteiger partial charge in [0, 0.05) is 0 Å². The lowest BCUT2D eigenvalue weighted by atomic mass is 9.96. The molecule has 1 aliphatic carbocycles. The van der Waals surface area contributed by atoms with Crippen LogP contribution in [0.2, 0.25) is 0 Å². The highest BCUT2D eigenvalue weighted by atomic mass is 16.4. The van der Waals surface area contributed by atoms with Gasteiger partial charge < -0.3 is 25.5 Å². The number of carbonyl (C=O) groups is 2. The van der Waals surface area contributed by atoms with E-state index in [-0.39, 0.29) is 6.26 Å². The van der Waals surface area contributed by atoms with Gasteiger partial charge in [0.05, 0.1) is 0 Å². The van der Waals surface area contributed by atoms with E-state index in [9.17, 15) is 14.7 Å². The lowest BCUT2D eigenvalue weighted by Crippen LogP contribution is -2.44. The molecule has 0 atom stereocenters. The topological polar surface area (TPSA) is 135 Å². The second-order valence-corrected chi connectivity index (χ2v) is 2.58. The number of aliphatic hydroxyl groups is 5. The van der Waals surface area contributed by atoms with Gasteiger partial charge in [-0.1, -0.05) is 0 Å². The summed E-state index contributed by atoms with van der Waals surface area (Å²) in [5, 5.41) is 44.1. The highest BCUT2D eigenvalue weighted by molar-refractivity contribution is 6.30. The van der Waals surface area contributed by atoms with Crippen molar-refractivity contribution in [3.63, 3.8) is 0 Å². The zero-order chi connectivity index (χ0) is 11.1. The van der Waals surface area contributed by atoms with E-state index in [2.05, 4.69) is 0 Å². The van der Waals surface area contributed by atoms with Crippen molar-refractivity contribution in [3.05, 3.63) is 23.5 Å². The third-order valence-corrected chi connectivity index (χ3v) is 1.80. The Bertz CT molecular complexity index is 351. The van der Waals surface area contributed by atoms with Crippen LogP contribution < -0.4 is 0 Å². The second kappa shape index (κ2) is 2.74. The summed E-state index contributed by atoms with van der Waals surface area (Å²) in [6.07, 6.45) is -0.0817. The first-order valence-electron chi connectivity index (χ1n) is 3.35. The fourth-order valence-electron chi connectivity index (χ4n) is 0.987. The van der Waals surface area contributed by atoms with Crippen LogP contribution in [0, 0.1) is 0 Å². The fourth-order valence-corrected chi connectivity index (χ4v) is 0.987. The number of hydrogen-bond acceptors (Lipinski definition) is 7. The molecular formula is C7H6O7. The summed E-state index contributed by atoms with van der Waals surface area (Å²) in [6, 6.07) is 0. The SMILES string of the molecule is O=C1C(O)=C(O)C(=O)C1(O)/C(O)=C/O. The highest BCUT2D eigenvalue weighted by Crippen LogP contribution is 2.30.